The minimum atomic E-state index is 1.10. The minimum Gasteiger partial charge on any atom is -0.310 e. The van der Waals surface area contributed by atoms with Crippen molar-refractivity contribution in [1.82, 2.24) is 0 Å². The number of rotatable bonds is 7. The quantitative estimate of drug-likeness (QED) is 0.155. The zero-order valence-electron chi connectivity index (χ0n) is 28.2. The molecule has 0 atom stereocenters. The Labute approximate surface area is 299 Å². The molecule has 9 rings (SSSR count). The minimum absolute atomic E-state index is 1.10. The van der Waals surface area contributed by atoms with Gasteiger partial charge >= 0.3 is 0 Å². The van der Waals surface area contributed by atoms with Crippen molar-refractivity contribution in [1.29, 1.82) is 0 Å². The van der Waals surface area contributed by atoms with Gasteiger partial charge in [0, 0.05) is 16.9 Å². The summed E-state index contributed by atoms with van der Waals surface area (Å²) in [5.41, 5.74) is 12.9. The molecule has 0 radical (unpaired) electrons. The molecule has 0 spiro atoms. The highest BCUT2D eigenvalue weighted by Crippen LogP contribution is 2.47. The Morgan fingerprint density at radius 3 is 1.29 bits per heavy atom. The maximum absolute atomic E-state index is 2.42. The van der Waals surface area contributed by atoms with E-state index >= 15 is 0 Å². The van der Waals surface area contributed by atoms with Gasteiger partial charge in [-0.15, -0.1) is 0 Å². The highest BCUT2D eigenvalue weighted by Gasteiger charge is 2.22. The van der Waals surface area contributed by atoms with Crippen LogP contribution in [0.15, 0.2) is 212 Å². The molecule has 240 valence electrons. The highest BCUT2D eigenvalue weighted by atomic mass is 15.1. The fourth-order valence-corrected chi connectivity index (χ4v) is 7.43. The molecule has 0 amide bonds. The van der Waals surface area contributed by atoms with Crippen molar-refractivity contribution in [2.75, 3.05) is 4.90 Å². The van der Waals surface area contributed by atoms with Crippen molar-refractivity contribution in [2.24, 2.45) is 0 Å². The predicted octanol–water partition coefficient (Wildman–Crippen LogP) is 14.1. The highest BCUT2D eigenvalue weighted by molar-refractivity contribution is 6.15. The molecule has 0 saturated heterocycles. The van der Waals surface area contributed by atoms with Crippen molar-refractivity contribution in [3.05, 3.63) is 212 Å². The van der Waals surface area contributed by atoms with E-state index in [1.165, 1.54) is 66.1 Å². The maximum Gasteiger partial charge on any atom is 0.0546 e. The Balaban J connectivity index is 1.29. The van der Waals surface area contributed by atoms with Crippen molar-refractivity contribution in [2.45, 2.75) is 0 Å². The van der Waals surface area contributed by atoms with Gasteiger partial charge in [-0.25, -0.2) is 0 Å². The van der Waals surface area contributed by atoms with E-state index in [0.717, 1.165) is 17.1 Å². The molecular formula is C50H35N. The number of anilines is 3. The third kappa shape index (κ3) is 5.75. The third-order valence-electron chi connectivity index (χ3n) is 9.87. The Morgan fingerprint density at radius 2 is 0.725 bits per heavy atom. The first-order valence-electron chi connectivity index (χ1n) is 17.5. The summed E-state index contributed by atoms with van der Waals surface area (Å²) < 4.78 is 0. The second-order valence-electron chi connectivity index (χ2n) is 12.9. The number of hydrogen-bond acceptors (Lipinski definition) is 1. The molecule has 0 unspecified atom stereocenters. The number of benzene rings is 9. The van der Waals surface area contributed by atoms with Crippen molar-refractivity contribution < 1.29 is 0 Å². The molecule has 0 N–H and O–H groups in total. The molecule has 0 bridgehead atoms. The lowest BCUT2D eigenvalue weighted by molar-refractivity contribution is 1.28. The van der Waals surface area contributed by atoms with E-state index in [1.807, 2.05) is 0 Å². The summed E-state index contributed by atoms with van der Waals surface area (Å²) in [4.78, 5) is 2.42. The second-order valence-corrected chi connectivity index (χ2v) is 12.9. The summed E-state index contributed by atoms with van der Waals surface area (Å²) in [7, 11) is 0. The molecule has 1 nitrogen and oxygen atoms in total. The summed E-state index contributed by atoms with van der Waals surface area (Å²) in [5, 5.41) is 5.02. The van der Waals surface area contributed by atoms with Crippen LogP contribution in [0.2, 0.25) is 0 Å². The van der Waals surface area contributed by atoms with Crippen LogP contribution in [0.3, 0.4) is 0 Å². The zero-order valence-corrected chi connectivity index (χ0v) is 28.2. The van der Waals surface area contributed by atoms with E-state index in [-0.39, 0.29) is 0 Å². The number of nitrogens with zero attached hydrogens (tertiary/aromatic N) is 1. The van der Waals surface area contributed by atoms with Gasteiger partial charge in [-0.3, -0.25) is 0 Å². The van der Waals surface area contributed by atoms with Gasteiger partial charge in [0.25, 0.3) is 0 Å². The lowest BCUT2D eigenvalue weighted by Gasteiger charge is -2.30. The largest absolute Gasteiger partial charge is 0.310 e. The van der Waals surface area contributed by atoms with Gasteiger partial charge in [0.1, 0.15) is 0 Å². The molecule has 0 fully saturated rings. The topological polar surface area (TPSA) is 3.24 Å². The Morgan fingerprint density at radius 1 is 0.275 bits per heavy atom. The van der Waals surface area contributed by atoms with Gasteiger partial charge < -0.3 is 4.90 Å². The van der Waals surface area contributed by atoms with Gasteiger partial charge in [-0.1, -0.05) is 176 Å². The lowest BCUT2D eigenvalue weighted by atomic mass is 9.87. The van der Waals surface area contributed by atoms with E-state index in [1.54, 1.807) is 0 Å². The van der Waals surface area contributed by atoms with Crippen LogP contribution < -0.4 is 4.90 Å². The Bertz CT molecular complexity index is 2510. The smallest absolute Gasteiger partial charge is 0.0546 e. The summed E-state index contributed by atoms with van der Waals surface area (Å²) >= 11 is 0. The van der Waals surface area contributed by atoms with Crippen LogP contribution in [0, 0.1) is 0 Å². The SMILES string of the molecule is c1ccc(-c2ccc(N(c3ccc(-c4ccccc4)cc3)c3cccc(-c4cc5ccccc5c5ccccc45)c3-c3ccccc3)cc2)cc1. The maximum atomic E-state index is 2.42. The molecule has 0 aromatic heterocycles. The van der Waals surface area contributed by atoms with Crippen LogP contribution in [-0.4, -0.2) is 0 Å². The first-order chi connectivity index (χ1) is 25.3. The normalized spacial score (nSPS) is 11.1. The predicted molar refractivity (Wildman–Crippen MR) is 218 cm³/mol. The molecule has 0 aliphatic heterocycles. The summed E-state index contributed by atoms with van der Waals surface area (Å²) in [6, 6.07) is 76.7. The van der Waals surface area contributed by atoms with E-state index in [2.05, 4.69) is 217 Å². The summed E-state index contributed by atoms with van der Waals surface area (Å²) in [5.74, 6) is 0. The molecule has 0 saturated carbocycles. The van der Waals surface area contributed by atoms with Gasteiger partial charge in [0.05, 0.1) is 5.69 Å². The molecule has 0 heterocycles. The van der Waals surface area contributed by atoms with E-state index in [9.17, 15) is 0 Å². The van der Waals surface area contributed by atoms with Crippen LogP contribution in [-0.2, 0) is 0 Å². The Kier molecular flexibility index (Phi) is 7.92. The average Bonchev–Trinajstić information content (AvgIpc) is 3.22. The van der Waals surface area contributed by atoms with Gasteiger partial charge in [-0.05, 0) is 96.9 Å². The van der Waals surface area contributed by atoms with Crippen LogP contribution in [0.25, 0.3) is 66.1 Å². The average molecular weight is 650 g/mol. The Hall–Kier alpha value is -6.70. The van der Waals surface area contributed by atoms with E-state index < -0.39 is 0 Å². The molecule has 9 aromatic rings. The molecule has 1 heteroatoms. The fraction of sp³-hybridized carbons (Fsp3) is 0. The molecule has 51 heavy (non-hydrogen) atoms. The zero-order chi connectivity index (χ0) is 34.0. The second kappa shape index (κ2) is 13.3. The van der Waals surface area contributed by atoms with Crippen LogP contribution in [0.5, 0.6) is 0 Å². The summed E-state index contributed by atoms with van der Waals surface area (Å²) in [6.07, 6.45) is 0. The van der Waals surface area contributed by atoms with Gasteiger partial charge in [-0.2, -0.15) is 0 Å². The van der Waals surface area contributed by atoms with Crippen molar-refractivity contribution >= 4 is 38.6 Å². The number of hydrogen-bond donors (Lipinski definition) is 0. The van der Waals surface area contributed by atoms with Crippen molar-refractivity contribution in [3.8, 4) is 44.5 Å². The molecule has 9 aromatic carbocycles. The first-order valence-corrected chi connectivity index (χ1v) is 17.5. The van der Waals surface area contributed by atoms with Crippen LogP contribution in [0.4, 0.5) is 17.1 Å². The fourth-order valence-electron chi connectivity index (χ4n) is 7.43. The monoisotopic (exact) mass is 649 g/mol. The van der Waals surface area contributed by atoms with Gasteiger partial charge in [0.15, 0.2) is 0 Å². The molecule has 0 aliphatic carbocycles. The van der Waals surface area contributed by atoms with E-state index in [0.29, 0.717) is 0 Å². The molecule has 0 aliphatic rings. The summed E-state index contributed by atoms with van der Waals surface area (Å²) in [6.45, 7) is 0. The molecular weight excluding hydrogens is 615 g/mol. The third-order valence-corrected chi connectivity index (χ3v) is 9.87. The van der Waals surface area contributed by atoms with Gasteiger partial charge in [0.2, 0.25) is 0 Å². The first kappa shape index (κ1) is 30.4. The lowest BCUT2D eigenvalue weighted by Crippen LogP contribution is -2.12. The van der Waals surface area contributed by atoms with Crippen LogP contribution in [0.1, 0.15) is 0 Å². The van der Waals surface area contributed by atoms with Crippen molar-refractivity contribution in [3.63, 3.8) is 0 Å². The van der Waals surface area contributed by atoms with E-state index in [4.69, 9.17) is 0 Å². The standard InChI is InChI=1S/C50H35N/c1-4-15-36(16-5-1)38-27-31-42(32-28-38)51(43-33-29-39(30-34-43)37-17-6-2-7-18-37)49-26-14-25-47(50(49)40-19-8-3-9-20-40)48-35-41-21-10-11-22-44(41)45-23-12-13-24-46(45)48/h1-35H. The van der Waals surface area contributed by atoms with Crippen LogP contribution >= 0.6 is 0 Å². The number of fused-ring (bicyclic) bond motifs is 3.